The summed E-state index contributed by atoms with van der Waals surface area (Å²) < 4.78 is 10.4. The minimum absolute atomic E-state index is 0.0459. The van der Waals surface area contributed by atoms with E-state index in [1.807, 2.05) is 22.4 Å². The quantitative estimate of drug-likeness (QED) is 0.322. The Morgan fingerprint density at radius 2 is 1.86 bits per heavy atom. The van der Waals surface area contributed by atoms with Crippen molar-refractivity contribution >= 4 is 46.4 Å². The lowest BCUT2D eigenvalue weighted by Crippen LogP contribution is -2.47. The molecule has 0 saturated heterocycles. The zero-order valence-corrected chi connectivity index (χ0v) is 22.5. The highest BCUT2D eigenvalue weighted by Crippen LogP contribution is 2.41. The minimum atomic E-state index is -0.339. The van der Waals surface area contributed by atoms with Crippen LogP contribution in [0.2, 0.25) is 10.0 Å². The molecule has 2 aromatic carbocycles. The summed E-state index contributed by atoms with van der Waals surface area (Å²) in [5.41, 5.74) is 2.38. The summed E-state index contributed by atoms with van der Waals surface area (Å²) >= 11 is 14.4. The normalized spacial score (nSPS) is 14.9. The zero-order chi connectivity index (χ0) is 25.7. The van der Waals surface area contributed by atoms with Gasteiger partial charge in [-0.2, -0.15) is 0 Å². The van der Waals surface area contributed by atoms with Gasteiger partial charge in [-0.15, -0.1) is 11.3 Å². The molecule has 1 unspecified atom stereocenters. The predicted octanol–water partition coefficient (Wildman–Crippen LogP) is 5.72. The third-order valence-corrected chi connectivity index (χ3v) is 7.83. The van der Waals surface area contributed by atoms with E-state index in [1.165, 1.54) is 4.88 Å². The van der Waals surface area contributed by atoms with E-state index < -0.39 is 0 Å². The maximum Gasteiger partial charge on any atom is 0.254 e. The first-order valence-electron chi connectivity index (χ1n) is 11.7. The van der Waals surface area contributed by atoms with Gasteiger partial charge < -0.3 is 19.3 Å². The fourth-order valence-electron chi connectivity index (χ4n) is 4.47. The van der Waals surface area contributed by atoms with Crippen molar-refractivity contribution in [2.45, 2.75) is 18.9 Å². The molecule has 2 amide bonds. The number of carbonyl (C=O) groups excluding carboxylic acids is 2. The van der Waals surface area contributed by atoms with E-state index in [9.17, 15) is 9.59 Å². The van der Waals surface area contributed by atoms with Crippen LogP contribution in [0.15, 0.2) is 53.9 Å². The van der Waals surface area contributed by atoms with Gasteiger partial charge in [0.05, 0.1) is 13.2 Å². The zero-order valence-electron chi connectivity index (χ0n) is 20.2. The SMILES string of the molecule is COCCCN(CC(=O)N1CCc2sccc2C1c1ccc(Cl)cc1Cl)C(=O)c1ccc(OC)cc1. The Labute approximate surface area is 225 Å². The van der Waals surface area contributed by atoms with Gasteiger partial charge in [0.15, 0.2) is 0 Å². The van der Waals surface area contributed by atoms with Gasteiger partial charge in [0.1, 0.15) is 12.3 Å². The van der Waals surface area contributed by atoms with Gasteiger partial charge in [0, 0.05) is 47.3 Å². The van der Waals surface area contributed by atoms with Crippen molar-refractivity contribution in [1.82, 2.24) is 9.80 Å². The van der Waals surface area contributed by atoms with Gasteiger partial charge in [-0.25, -0.2) is 0 Å². The van der Waals surface area contributed by atoms with Crippen LogP contribution in [0.25, 0.3) is 0 Å². The number of amides is 2. The van der Waals surface area contributed by atoms with E-state index >= 15 is 0 Å². The number of methoxy groups -OCH3 is 2. The molecule has 4 rings (SSSR count). The van der Waals surface area contributed by atoms with Crippen LogP contribution < -0.4 is 4.74 Å². The second-order valence-electron chi connectivity index (χ2n) is 8.51. The molecule has 6 nitrogen and oxygen atoms in total. The van der Waals surface area contributed by atoms with Crippen LogP contribution >= 0.6 is 34.5 Å². The van der Waals surface area contributed by atoms with Crippen LogP contribution in [0.5, 0.6) is 5.75 Å². The first kappa shape index (κ1) is 26.5. The number of halogens is 2. The Kier molecular flexibility index (Phi) is 8.90. The number of thiophene rings is 1. The number of hydrogen-bond donors (Lipinski definition) is 0. The van der Waals surface area contributed by atoms with E-state index in [0.717, 1.165) is 17.5 Å². The molecule has 0 aliphatic carbocycles. The Balaban J connectivity index is 1.61. The lowest BCUT2D eigenvalue weighted by Gasteiger charge is -2.38. The maximum absolute atomic E-state index is 13.8. The molecular formula is C27H28Cl2N2O4S. The van der Waals surface area contributed by atoms with Crippen LogP contribution in [-0.4, -0.2) is 62.1 Å². The molecule has 0 bridgehead atoms. The Morgan fingerprint density at radius 1 is 1.08 bits per heavy atom. The van der Waals surface area contributed by atoms with Crippen LogP contribution in [0.1, 0.15) is 38.8 Å². The van der Waals surface area contributed by atoms with E-state index in [0.29, 0.717) is 47.5 Å². The lowest BCUT2D eigenvalue weighted by atomic mass is 9.93. The van der Waals surface area contributed by atoms with Crippen molar-refractivity contribution in [3.8, 4) is 5.75 Å². The van der Waals surface area contributed by atoms with Gasteiger partial charge >= 0.3 is 0 Å². The van der Waals surface area contributed by atoms with Crippen LogP contribution in [0, 0.1) is 0 Å². The van der Waals surface area contributed by atoms with E-state index in [4.69, 9.17) is 32.7 Å². The number of hydrogen-bond acceptors (Lipinski definition) is 5. The number of ether oxygens (including phenoxy) is 2. The summed E-state index contributed by atoms with van der Waals surface area (Å²) in [6, 6.07) is 14.0. The molecule has 1 aliphatic heterocycles. The summed E-state index contributed by atoms with van der Waals surface area (Å²) in [5.74, 6) is 0.315. The summed E-state index contributed by atoms with van der Waals surface area (Å²) in [6.45, 7) is 1.38. The highest BCUT2D eigenvalue weighted by molar-refractivity contribution is 7.10. The minimum Gasteiger partial charge on any atom is -0.497 e. The van der Waals surface area contributed by atoms with Crippen LogP contribution in [-0.2, 0) is 16.0 Å². The van der Waals surface area contributed by atoms with Crippen molar-refractivity contribution < 1.29 is 19.1 Å². The molecule has 9 heteroatoms. The summed E-state index contributed by atoms with van der Waals surface area (Å²) in [5, 5.41) is 3.09. The van der Waals surface area contributed by atoms with E-state index in [2.05, 4.69) is 0 Å². The monoisotopic (exact) mass is 546 g/mol. The van der Waals surface area contributed by atoms with Gasteiger partial charge in [0.2, 0.25) is 5.91 Å². The van der Waals surface area contributed by atoms with Crippen molar-refractivity contribution in [3.05, 3.63) is 85.5 Å². The third kappa shape index (κ3) is 5.86. The largest absolute Gasteiger partial charge is 0.497 e. The number of benzene rings is 2. The molecule has 0 N–H and O–H groups in total. The molecular weight excluding hydrogens is 519 g/mol. The first-order chi connectivity index (χ1) is 17.4. The predicted molar refractivity (Wildman–Crippen MR) is 143 cm³/mol. The topological polar surface area (TPSA) is 59.1 Å². The molecule has 1 aromatic heterocycles. The van der Waals surface area contributed by atoms with Gasteiger partial charge in [0.25, 0.3) is 5.91 Å². The Hall–Kier alpha value is -2.58. The summed E-state index contributed by atoms with van der Waals surface area (Å²) in [4.78, 5) is 31.8. The number of nitrogens with zero attached hydrogens (tertiary/aromatic N) is 2. The van der Waals surface area contributed by atoms with Crippen molar-refractivity contribution in [2.75, 3.05) is 40.5 Å². The number of rotatable bonds is 9. The van der Waals surface area contributed by atoms with Gasteiger partial charge in [-0.3, -0.25) is 9.59 Å². The highest BCUT2D eigenvalue weighted by Gasteiger charge is 2.35. The maximum atomic E-state index is 13.8. The summed E-state index contributed by atoms with van der Waals surface area (Å²) in [7, 11) is 3.20. The molecule has 190 valence electrons. The molecule has 2 heterocycles. The molecule has 36 heavy (non-hydrogen) atoms. The number of carbonyl (C=O) groups is 2. The molecule has 0 saturated carbocycles. The van der Waals surface area contributed by atoms with Crippen LogP contribution in [0.3, 0.4) is 0 Å². The standard InChI is InChI=1S/C27H28Cl2N2O4S/c1-34-14-3-12-30(27(33)18-4-7-20(35-2)8-5-18)17-25(32)31-13-10-24-22(11-15-36-24)26(31)21-9-6-19(28)16-23(21)29/h4-9,11,15-16,26H,3,10,12-14,17H2,1-2H3. The molecule has 0 spiro atoms. The Morgan fingerprint density at radius 3 is 2.56 bits per heavy atom. The second-order valence-corrected chi connectivity index (χ2v) is 10.4. The fourth-order valence-corrected chi connectivity index (χ4v) is 5.88. The fraction of sp³-hybridized carbons (Fsp3) is 0.333. The van der Waals surface area contributed by atoms with E-state index in [-0.39, 0.29) is 24.4 Å². The van der Waals surface area contributed by atoms with Crippen LogP contribution in [0.4, 0.5) is 0 Å². The molecule has 1 atom stereocenters. The third-order valence-electron chi connectivity index (χ3n) is 6.27. The van der Waals surface area contributed by atoms with Crippen molar-refractivity contribution in [3.63, 3.8) is 0 Å². The number of fused-ring (bicyclic) bond motifs is 1. The second kappa shape index (κ2) is 12.1. The molecule has 0 fully saturated rings. The summed E-state index contributed by atoms with van der Waals surface area (Å²) in [6.07, 6.45) is 1.38. The average Bonchev–Trinajstić information content (AvgIpc) is 3.36. The first-order valence-corrected chi connectivity index (χ1v) is 13.3. The molecule has 3 aromatic rings. The average molecular weight is 548 g/mol. The molecule has 1 aliphatic rings. The van der Waals surface area contributed by atoms with Crippen molar-refractivity contribution in [2.24, 2.45) is 0 Å². The smallest absolute Gasteiger partial charge is 0.254 e. The molecule has 0 radical (unpaired) electrons. The van der Waals surface area contributed by atoms with Gasteiger partial charge in [-0.1, -0.05) is 29.3 Å². The van der Waals surface area contributed by atoms with Gasteiger partial charge in [-0.05, 0) is 71.8 Å². The Bertz CT molecular complexity index is 1210. The van der Waals surface area contributed by atoms with E-state index in [1.54, 1.807) is 66.9 Å². The van der Waals surface area contributed by atoms with Crippen molar-refractivity contribution in [1.29, 1.82) is 0 Å². The highest BCUT2D eigenvalue weighted by atomic mass is 35.5. The lowest BCUT2D eigenvalue weighted by molar-refractivity contribution is -0.134.